The van der Waals surface area contributed by atoms with Crippen LogP contribution in [0.3, 0.4) is 0 Å². The van der Waals surface area contributed by atoms with Gasteiger partial charge in [0.15, 0.2) is 0 Å². The fourth-order valence-corrected chi connectivity index (χ4v) is 3.52. The summed E-state index contributed by atoms with van der Waals surface area (Å²) in [5.74, 6) is 0.655. The summed E-state index contributed by atoms with van der Waals surface area (Å²) in [5.41, 5.74) is 3.83. The first-order valence-electron chi connectivity index (χ1n) is 11.7. The summed E-state index contributed by atoms with van der Waals surface area (Å²) in [6.45, 7) is 5.52. The molecule has 0 aliphatic carbocycles. The maximum Gasteiger partial charge on any atom is 0.416 e. The maximum absolute atomic E-state index is 13.7. The number of nitrogens with one attached hydrogen (secondary N) is 1. The minimum atomic E-state index is -4.60. The molecule has 1 heterocycles. The number of aryl methyl sites for hydroxylation is 2. The summed E-state index contributed by atoms with van der Waals surface area (Å²) < 4.78 is 84.5. The predicted octanol–water partition coefficient (Wildman–Crippen LogP) is 7.80. The average Bonchev–Trinajstić information content (AvgIpc) is 3.30. The first-order chi connectivity index (χ1) is 17.2. The van der Waals surface area contributed by atoms with Crippen molar-refractivity contribution in [1.29, 1.82) is 5.41 Å². The number of hydrogen-bond acceptors (Lipinski definition) is 4. The van der Waals surface area contributed by atoms with Gasteiger partial charge in [-0.2, -0.15) is 31.3 Å². The van der Waals surface area contributed by atoms with Gasteiger partial charge in [0.1, 0.15) is 0 Å². The van der Waals surface area contributed by atoms with Gasteiger partial charge in [0.25, 0.3) is 0 Å². The van der Waals surface area contributed by atoms with Crippen LogP contribution < -0.4 is 5.73 Å². The number of unbranched alkanes of at least 4 members (excludes halogenated alkanes) is 1. The van der Waals surface area contributed by atoms with Gasteiger partial charge in [-0.1, -0.05) is 56.1 Å². The van der Waals surface area contributed by atoms with Crippen LogP contribution in [0, 0.1) is 5.41 Å². The number of halogens is 6. The molecule has 0 aliphatic heterocycles. The van der Waals surface area contributed by atoms with Gasteiger partial charge in [-0.15, -0.1) is 0 Å². The van der Waals surface area contributed by atoms with E-state index < -0.39 is 23.5 Å². The fourth-order valence-electron chi connectivity index (χ4n) is 3.52. The van der Waals surface area contributed by atoms with Gasteiger partial charge >= 0.3 is 12.4 Å². The largest absolute Gasteiger partial charge is 0.416 e. The summed E-state index contributed by atoms with van der Waals surface area (Å²) in [5, 5.41) is 10.1. The van der Waals surface area contributed by atoms with E-state index in [4.69, 9.17) is 15.7 Å². The van der Waals surface area contributed by atoms with Crippen molar-refractivity contribution in [2.45, 2.75) is 71.1 Å². The van der Waals surface area contributed by atoms with Crippen LogP contribution >= 0.6 is 0 Å². The molecule has 0 amide bonds. The third-order valence-electron chi connectivity index (χ3n) is 5.49. The van der Waals surface area contributed by atoms with Crippen molar-refractivity contribution in [1.82, 2.24) is 10.1 Å². The minimum Gasteiger partial charge on any atom is -0.388 e. The molecular weight excluding hydrogens is 498 g/mol. The van der Waals surface area contributed by atoms with E-state index in [0.29, 0.717) is 11.5 Å². The zero-order valence-electron chi connectivity index (χ0n) is 20.8. The summed E-state index contributed by atoms with van der Waals surface area (Å²) in [4.78, 5) is 4.27. The van der Waals surface area contributed by atoms with E-state index in [1.807, 2.05) is 6.92 Å². The quantitative estimate of drug-likeness (QED) is 0.177. The van der Waals surface area contributed by atoms with Crippen molar-refractivity contribution >= 4 is 5.84 Å². The van der Waals surface area contributed by atoms with Crippen LogP contribution in [-0.4, -0.2) is 16.0 Å². The Morgan fingerprint density at radius 2 is 1.62 bits per heavy atom. The molecule has 3 aromatic rings. The van der Waals surface area contributed by atoms with Gasteiger partial charge in [-0.25, -0.2) is 0 Å². The molecule has 0 spiro atoms. The number of alkyl halides is 6. The second-order valence-electron chi connectivity index (χ2n) is 8.75. The predicted molar refractivity (Wildman–Crippen MR) is 129 cm³/mol. The molecular formula is C26H30F6N4O. The highest BCUT2D eigenvalue weighted by molar-refractivity contribution is 5.73. The second kappa shape index (κ2) is 12.7. The Balaban J connectivity index is 0.00000112. The summed E-state index contributed by atoms with van der Waals surface area (Å²) in [7, 11) is 0. The van der Waals surface area contributed by atoms with Gasteiger partial charge in [0, 0.05) is 11.5 Å². The van der Waals surface area contributed by atoms with Crippen molar-refractivity contribution in [2.24, 2.45) is 5.73 Å². The van der Waals surface area contributed by atoms with Gasteiger partial charge in [-0.05, 0) is 55.5 Å². The van der Waals surface area contributed by atoms with Crippen LogP contribution in [0.25, 0.3) is 11.4 Å². The summed E-state index contributed by atoms with van der Waals surface area (Å²) in [6, 6.07) is 8.28. The SMILES string of the molecule is CC(=N)N.CCCC[C@H](C)c1nc(-c2ccc(CCc3ccc(C(F)(F)F)cc3)c(C(F)(F)F)c2)no1. The Morgan fingerprint density at radius 1 is 1.00 bits per heavy atom. The third-order valence-corrected chi connectivity index (χ3v) is 5.49. The molecule has 1 aromatic heterocycles. The van der Waals surface area contributed by atoms with Crippen molar-refractivity contribution in [2.75, 3.05) is 0 Å². The highest BCUT2D eigenvalue weighted by Gasteiger charge is 2.34. The zero-order valence-corrected chi connectivity index (χ0v) is 20.8. The van der Waals surface area contributed by atoms with Crippen molar-refractivity contribution in [3.63, 3.8) is 0 Å². The molecule has 1 atom stereocenters. The zero-order chi connectivity index (χ0) is 27.8. The number of rotatable bonds is 8. The van der Waals surface area contributed by atoms with E-state index in [2.05, 4.69) is 17.1 Å². The Labute approximate surface area is 211 Å². The van der Waals surface area contributed by atoms with Crippen molar-refractivity contribution in [3.05, 3.63) is 70.6 Å². The van der Waals surface area contributed by atoms with Gasteiger partial charge in [0.05, 0.1) is 17.0 Å². The van der Waals surface area contributed by atoms with E-state index in [0.717, 1.165) is 37.5 Å². The molecule has 0 saturated heterocycles. The Morgan fingerprint density at radius 3 is 2.16 bits per heavy atom. The first kappa shape index (κ1) is 29.9. The summed E-state index contributed by atoms with van der Waals surface area (Å²) >= 11 is 0. The van der Waals surface area contributed by atoms with Crippen LogP contribution in [0.5, 0.6) is 0 Å². The smallest absolute Gasteiger partial charge is 0.388 e. The molecule has 0 saturated carbocycles. The van der Waals surface area contributed by atoms with Crippen LogP contribution in [0.15, 0.2) is 47.0 Å². The van der Waals surface area contributed by atoms with Crippen LogP contribution in [0.1, 0.15) is 74.1 Å². The average molecular weight is 529 g/mol. The van der Waals surface area contributed by atoms with Crippen molar-refractivity contribution in [3.8, 4) is 11.4 Å². The topological polar surface area (TPSA) is 88.8 Å². The molecule has 5 nitrogen and oxygen atoms in total. The standard InChI is InChI=1S/C24H24F6N2O.C2H6N2/c1-3-4-5-15(2)22-31-21(32-33-22)18-11-10-17(20(14-18)24(28,29)30)9-6-16-7-12-19(13-8-16)23(25,26)27;1-2(3)4/h7-8,10-15H,3-6,9H2,1-2H3;1H3,(H3,3,4)/t15-;/m0./s1. The van der Waals surface area contributed by atoms with E-state index in [1.54, 1.807) is 0 Å². The van der Waals surface area contributed by atoms with Crippen LogP contribution in [0.4, 0.5) is 26.3 Å². The molecule has 37 heavy (non-hydrogen) atoms. The second-order valence-corrected chi connectivity index (χ2v) is 8.75. The highest BCUT2D eigenvalue weighted by atomic mass is 19.4. The van der Waals surface area contributed by atoms with Crippen LogP contribution in [-0.2, 0) is 25.2 Å². The van der Waals surface area contributed by atoms with E-state index in [1.165, 1.54) is 31.2 Å². The molecule has 0 radical (unpaired) electrons. The molecule has 3 N–H and O–H groups in total. The highest BCUT2D eigenvalue weighted by Crippen LogP contribution is 2.36. The van der Waals surface area contributed by atoms with Gasteiger partial charge in [-0.3, -0.25) is 5.41 Å². The fraction of sp³-hybridized carbons (Fsp3) is 0.423. The Bertz CT molecular complexity index is 1150. The van der Waals surface area contributed by atoms with Gasteiger partial charge < -0.3 is 10.3 Å². The van der Waals surface area contributed by atoms with Crippen molar-refractivity contribution < 1.29 is 30.9 Å². The number of amidine groups is 1. The summed E-state index contributed by atoms with van der Waals surface area (Å²) in [6.07, 6.45) is -6.05. The molecule has 0 unspecified atom stereocenters. The normalized spacial score (nSPS) is 12.6. The lowest BCUT2D eigenvalue weighted by molar-refractivity contribution is -0.138. The number of aromatic nitrogens is 2. The minimum absolute atomic E-state index is 0.0105. The van der Waals surface area contributed by atoms with E-state index in [-0.39, 0.29) is 41.5 Å². The Kier molecular flexibility index (Phi) is 10.3. The number of nitrogens with two attached hydrogens (primary N) is 1. The number of nitrogens with zero attached hydrogens (tertiary/aromatic N) is 2. The molecule has 202 valence electrons. The van der Waals surface area contributed by atoms with Gasteiger partial charge in [0.2, 0.25) is 11.7 Å². The maximum atomic E-state index is 13.7. The first-order valence-corrected chi connectivity index (χ1v) is 11.7. The lowest BCUT2D eigenvalue weighted by Crippen LogP contribution is -2.10. The molecule has 2 aromatic carbocycles. The van der Waals surface area contributed by atoms with Crippen LogP contribution in [0.2, 0.25) is 0 Å². The lowest BCUT2D eigenvalue weighted by atomic mass is 9.97. The number of benzene rings is 2. The third kappa shape index (κ3) is 9.22. The molecule has 11 heteroatoms. The molecule has 0 aliphatic rings. The molecule has 0 fully saturated rings. The van der Waals surface area contributed by atoms with E-state index >= 15 is 0 Å². The monoisotopic (exact) mass is 528 g/mol. The Hall–Kier alpha value is -3.37. The number of hydrogen-bond donors (Lipinski definition) is 2. The molecule has 3 rings (SSSR count). The van der Waals surface area contributed by atoms with E-state index in [9.17, 15) is 26.3 Å². The molecule has 0 bridgehead atoms. The lowest BCUT2D eigenvalue weighted by Gasteiger charge is -2.14.